The molecule has 3 aromatic rings. The molecule has 0 unspecified atom stereocenters. The van der Waals surface area contributed by atoms with E-state index in [1.807, 2.05) is 19.2 Å². The molecule has 0 saturated heterocycles. The van der Waals surface area contributed by atoms with E-state index in [1.54, 1.807) is 11.3 Å². The third-order valence-corrected chi connectivity index (χ3v) is 8.70. The second-order valence-electron chi connectivity index (χ2n) is 10.4. The molecule has 10 nitrogen and oxygen atoms in total. The fraction of sp³-hybridized carbons (Fsp3) is 0.560. The first-order chi connectivity index (χ1) is 17.3. The summed E-state index contributed by atoms with van der Waals surface area (Å²) in [6, 6.07) is 1.63. The molecule has 0 aliphatic heterocycles. The lowest BCUT2D eigenvalue weighted by Gasteiger charge is -2.22. The summed E-state index contributed by atoms with van der Waals surface area (Å²) in [5.74, 6) is 0.636. The maximum atomic E-state index is 11.8. The molecule has 11 heteroatoms. The molecule has 3 fully saturated rings. The van der Waals surface area contributed by atoms with Crippen LogP contribution in [0.5, 0.6) is 0 Å². The fourth-order valence-electron chi connectivity index (χ4n) is 5.19. The molecular weight excluding hydrogens is 478 g/mol. The first-order valence-electron chi connectivity index (χ1n) is 12.6. The summed E-state index contributed by atoms with van der Waals surface area (Å²) in [7, 11) is 0. The smallest absolute Gasteiger partial charge is 0.225 e. The van der Waals surface area contributed by atoms with Gasteiger partial charge in [-0.2, -0.15) is 4.98 Å². The Morgan fingerprint density at radius 2 is 1.94 bits per heavy atom. The quantitative estimate of drug-likeness (QED) is 0.307. The number of thiazole rings is 1. The van der Waals surface area contributed by atoms with Gasteiger partial charge in [0.1, 0.15) is 22.4 Å². The van der Waals surface area contributed by atoms with Crippen LogP contribution >= 0.6 is 11.3 Å². The first kappa shape index (κ1) is 23.5. The molecule has 0 spiro atoms. The van der Waals surface area contributed by atoms with Crippen LogP contribution in [0.4, 0.5) is 11.8 Å². The molecule has 3 heterocycles. The van der Waals surface area contributed by atoms with Crippen molar-refractivity contribution in [2.75, 3.05) is 10.6 Å². The number of carbonyl (C=O) groups is 1. The van der Waals surface area contributed by atoms with Crippen molar-refractivity contribution in [1.29, 1.82) is 0 Å². The monoisotopic (exact) mass is 509 g/mol. The number of aromatic nitrogens is 4. The molecule has 3 aromatic heterocycles. The molecule has 6 rings (SSSR count). The van der Waals surface area contributed by atoms with Crippen molar-refractivity contribution < 1.29 is 15.0 Å². The average molecular weight is 510 g/mol. The van der Waals surface area contributed by atoms with Crippen LogP contribution in [0.15, 0.2) is 12.3 Å². The lowest BCUT2D eigenvalue weighted by Crippen LogP contribution is -2.37. The van der Waals surface area contributed by atoms with E-state index in [4.69, 9.17) is 20.7 Å². The SMILES string of the molecule is Cc1nc(N[C@H](C)C2CC2)nc(N[C@@H]2C[C@H](C(N)=O)[C@@H](O)[C@H]2O)c1-c1nc2c(C3CC3)nccc2s1. The Balaban J connectivity index is 1.40. The summed E-state index contributed by atoms with van der Waals surface area (Å²) >= 11 is 1.56. The summed E-state index contributed by atoms with van der Waals surface area (Å²) < 4.78 is 1.06. The van der Waals surface area contributed by atoms with Gasteiger partial charge in [-0.25, -0.2) is 9.97 Å². The Labute approximate surface area is 212 Å². The highest BCUT2D eigenvalue weighted by Gasteiger charge is 2.45. The van der Waals surface area contributed by atoms with Crippen molar-refractivity contribution in [3.8, 4) is 10.6 Å². The van der Waals surface area contributed by atoms with E-state index in [9.17, 15) is 15.0 Å². The standard InChI is InChI=1S/C25H31N7O3S/c1-10(12-3-4-12)28-25-29-11(2)17(23(32-25)30-15-9-14(22(26)35)20(33)21(15)34)24-31-19-16(36-24)7-8-27-18(19)13-5-6-13/h7-8,10,12-15,20-21,33-34H,3-6,9H2,1-2H3,(H2,26,35)(H2,28,29,30,32)/t10-,14+,15-,20-,21+/m1/s1. The number of fused-ring (bicyclic) bond motifs is 1. The predicted molar refractivity (Wildman–Crippen MR) is 138 cm³/mol. The number of hydrogen-bond acceptors (Lipinski definition) is 10. The zero-order valence-corrected chi connectivity index (χ0v) is 21.1. The van der Waals surface area contributed by atoms with Crippen molar-refractivity contribution in [3.63, 3.8) is 0 Å². The summed E-state index contributed by atoms with van der Waals surface area (Å²) in [6.45, 7) is 4.05. The summed E-state index contributed by atoms with van der Waals surface area (Å²) in [5, 5.41) is 28.6. The lowest BCUT2D eigenvalue weighted by atomic mass is 10.1. The summed E-state index contributed by atoms with van der Waals surface area (Å²) in [4.78, 5) is 30.9. The van der Waals surface area contributed by atoms with Gasteiger partial charge in [-0.1, -0.05) is 0 Å². The van der Waals surface area contributed by atoms with Gasteiger partial charge in [0.05, 0.1) is 39.7 Å². The molecule has 36 heavy (non-hydrogen) atoms. The topological polar surface area (TPSA) is 159 Å². The van der Waals surface area contributed by atoms with Crippen LogP contribution in [0.2, 0.25) is 0 Å². The highest BCUT2D eigenvalue weighted by molar-refractivity contribution is 7.21. The van der Waals surface area contributed by atoms with E-state index in [0.29, 0.717) is 23.6 Å². The van der Waals surface area contributed by atoms with E-state index in [2.05, 4.69) is 22.5 Å². The van der Waals surface area contributed by atoms with Gasteiger partial charge in [0, 0.05) is 18.2 Å². The molecule has 3 aliphatic carbocycles. The third-order valence-electron chi connectivity index (χ3n) is 7.66. The number of hydrogen-bond donors (Lipinski definition) is 5. The van der Waals surface area contributed by atoms with Gasteiger partial charge in [0.25, 0.3) is 0 Å². The van der Waals surface area contributed by atoms with Crippen LogP contribution < -0.4 is 16.4 Å². The minimum atomic E-state index is -1.23. The first-order valence-corrected chi connectivity index (χ1v) is 13.4. The largest absolute Gasteiger partial charge is 0.390 e. The van der Waals surface area contributed by atoms with Crippen molar-refractivity contribution in [1.82, 2.24) is 19.9 Å². The van der Waals surface area contributed by atoms with Gasteiger partial charge in [0.15, 0.2) is 0 Å². The maximum absolute atomic E-state index is 11.8. The van der Waals surface area contributed by atoms with E-state index >= 15 is 0 Å². The molecule has 6 N–H and O–H groups in total. The van der Waals surface area contributed by atoms with Gasteiger partial charge < -0.3 is 26.6 Å². The molecule has 190 valence electrons. The third kappa shape index (κ3) is 4.29. The Hall–Kier alpha value is -2.89. The van der Waals surface area contributed by atoms with Crippen LogP contribution in [0.25, 0.3) is 20.8 Å². The number of nitrogens with two attached hydrogens (primary N) is 1. The van der Waals surface area contributed by atoms with Crippen molar-refractivity contribution in [3.05, 3.63) is 23.7 Å². The highest BCUT2D eigenvalue weighted by atomic mass is 32.1. The number of pyridine rings is 1. The molecule has 1 amide bonds. The molecular formula is C25H31N7O3S. The predicted octanol–water partition coefficient (Wildman–Crippen LogP) is 2.55. The van der Waals surface area contributed by atoms with Gasteiger partial charge in [-0.15, -0.1) is 11.3 Å². The molecule has 5 atom stereocenters. The number of rotatable bonds is 8. The van der Waals surface area contributed by atoms with E-state index < -0.39 is 30.1 Å². The number of primary amides is 1. The number of aryl methyl sites for hydroxylation is 1. The summed E-state index contributed by atoms with van der Waals surface area (Å²) in [6.07, 6.45) is 4.32. The van der Waals surface area contributed by atoms with Gasteiger partial charge >= 0.3 is 0 Å². The van der Waals surface area contributed by atoms with Crippen LogP contribution in [0, 0.1) is 18.8 Å². The lowest BCUT2D eigenvalue weighted by molar-refractivity contribution is -0.125. The zero-order valence-electron chi connectivity index (χ0n) is 20.3. The fourth-order valence-corrected chi connectivity index (χ4v) is 6.25. The Kier molecular flexibility index (Phi) is 5.81. The van der Waals surface area contributed by atoms with Crippen molar-refractivity contribution in [2.24, 2.45) is 17.6 Å². The number of nitrogens with zero attached hydrogens (tertiary/aromatic N) is 4. The minimum absolute atomic E-state index is 0.205. The van der Waals surface area contributed by atoms with E-state index in [-0.39, 0.29) is 12.5 Å². The van der Waals surface area contributed by atoms with Gasteiger partial charge in [0.2, 0.25) is 11.9 Å². The molecule has 0 radical (unpaired) electrons. The number of aliphatic hydroxyl groups excluding tert-OH is 2. The highest BCUT2D eigenvalue weighted by Crippen LogP contribution is 2.44. The second kappa shape index (κ2) is 8.89. The van der Waals surface area contributed by atoms with Crippen molar-refractivity contribution in [2.45, 2.75) is 76.2 Å². The molecule has 0 bridgehead atoms. The Morgan fingerprint density at radius 1 is 1.17 bits per heavy atom. The maximum Gasteiger partial charge on any atom is 0.225 e. The number of carbonyl (C=O) groups excluding carboxylic acids is 1. The molecule has 3 aliphatic rings. The minimum Gasteiger partial charge on any atom is -0.390 e. The van der Waals surface area contributed by atoms with Crippen LogP contribution in [-0.2, 0) is 4.79 Å². The van der Waals surface area contributed by atoms with Gasteiger partial charge in [-0.05, 0) is 57.9 Å². The Bertz CT molecular complexity index is 1320. The van der Waals surface area contributed by atoms with Crippen LogP contribution in [0.1, 0.15) is 56.3 Å². The van der Waals surface area contributed by atoms with Crippen LogP contribution in [0.3, 0.4) is 0 Å². The number of aliphatic hydroxyl groups is 2. The molecule has 0 aromatic carbocycles. The van der Waals surface area contributed by atoms with E-state index in [1.165, 1.54) is 12.8 Å². The van der Waals surface area contributed by atoms with Crippen LogP contribution in [-0.4, -0.2) is 60.3 Å². The summed E-state index contributed by atoms with van der Waals surface area (Å²) in [5.41, 5.74) is 8.91. The number of anilines is 2. The number of amides is 1. The van der Waals surface area contributed by atoms with Gasteiger partial charge in [-0.3, -0.25) is 9.78 Å². The zero-order chi connectivity index (χ0) is 25.1. The normalized spacial score (nSPS) is 26.8. The molecule has 3 saturated carbocycles. The average Bonchev–Trinajstić information content (AvgIpc) is 3.76. The van der Waals surface area contributed by atoms with E-state index in [0.717, 1.165) is 45.0 Å². The number of nitrogens with one attached hydrogen (secondary N) is 2. The second-order valence-corrected chi connectivity index (χ2v) is 11.5. The Morgan fingerprint density at radius 3 is 2.61 bits per heavy atom. The van der Waals surface area contributed by atoms with Crippen molar-refractivity contribution >= 4 is 39.2 Å².